The highest BCUT2D eigenvalue weighted by Crippen LogP contribution is 2.18. The van der Waals surface area contributed by atoms with E-state index >= 15 is 0 Å². The highest BCUT2D eigenvalue weighted by molar-refractivity contribution is 5.41. The van der Waals surface area contributed by atoms with E-state index in [1.807, 2.05) is 0 Å². The van der Waals surface area contributed by atoms with E-state index in [2.05, 4.69) is 45.1 Å². The normalized spacial score (nSPS) is 21.1. The quantitative estimate of drug-likeness (QED) is 0.534. The Balaban J connectivity index is 2.78. The summed E-state index contributed by atoms with van der Waals surface area (Å²) in [6.07, 6.45) is 10.1. The summed E-state index contributed by atoms with van der Waals surface area (Å²) in [5.74, 6) is 0.649. The Morgan fingerprint density at radius 2 is 2.18 bits per heavy atom. The maximum atomic E-state index is 2.31. The minimum absolute atomic E-state index is 0.649. The first-order chi connectivity index (χ1) is 5.20. The standard InChI is InChI=1S/C11H16/c1-9(2)8-11-7-5-4-6-10(11)3/h5-9H,4H2,1-3H3/b11-8-. The molecule has 0 aromatic rings. The molecule has 0 aromatic carbocycles. The van der Waals surface area contributed by atoms with Gasteiger partial charge in [-0.2, -0.15) is 0 Å². The first-order valence-electron chi connectivity index (χ1n) is 4.25. The van der Waals surface area contributed by atoms with Gasteiger partial charge >= 0.3 is 0 Å². The molecule has 0 N–H and O–H groups in total. The molecule has 0 spiro atoms. The van der Waals surface area contributed by atoms with Crippen LogP contribution < -0.4 is 0 Å². The van der Waals surface area contributed by atoms with Gasteiger partial charge in [0.25, 0.3) is 0 Å². The number of rotatable bonds is 1. The van der Waals surface area contributed by atoms with Crippen molar-refractivity contribution in [2.75, 3.05) is 0 Å². The van der Waals surface area contributed by atoms with Crippen molar-refractivity contribution in [2.45, 2.75) is 27.2 Å². The molecule has 1 aliphatic rings. The second-order valence-electron chi connectivity index (χ2n) is 3.39. The van der Waals surface area contributed by atoms with Crippen molar-refractivity contribution in [3.63, 3.8) is 0 Å². The van der Waals surface area contributed by atoms with E-state index in [4.69, 9.17) is 0 Å². The molecule has 0 aliphatic heterocycles. The fourth-order valence-corrected chi connectivity index (χ4v) is 1.24. The summed E-state index contributed by atoms with van der Waals surface area (Å²) in [4.78, 5) is 0. The third kappa shape index (κ3) is 2.38. The van der Waals surface area contributed by atoms with Gasteiger partial charge < -0.3 is 0 Å². The molecular weight excluding hydrogens is 132 g/mol. The van der Waals surface area contributed by atoms with E-state index in [9.17, 15) is 0 Å². The smallest absolute Gasteiger partial charge is 0.0160 e. The van der Waals surface area contributed by atoms with Crippen molar-refractivity contribution < 1.29 is 0 Å². The zero-order valence-corrected chi connectivity index (χ0v) is 7.59. The SMILES string of the molecule is CC1=CCC=C/C1=C/C(C)C. The fourth-order valence-electron chi connectivity index (χ4n) is 1.24. The Morgan fingerprint density at radius 3 is 2.73 bits per heavy atom. The molecule has 0 aromatic heterocycles. The van der Waals surface area contributed by atoms with E-state index in [0.717, 1.165) is 6.42 Å². The second-order valence-corrected chi connectivity index (χ2v) is 3.39. The van der Waals surface area contributed by atoms with Crippen molar-refractivity contribution in [1.82, 2.24) is 0 Å². The van der Waals surface area contributed by atoms with Gasteiger partial charge in [0, 0.05) is 0 Å². The van der Waals surface area contributed by atoms with Crippen LogP contribution in [0.25, 0.3) is 0 Å². The zero-order valence-electron chi connectivity index (χ0n) is 7.59. The van der Waals surface area contributed by atoms with Gasteiger partial charge in [-0.15, -0.1) is 0 Å². The minimum atomic E-state index is 0.649. The summed E-state index contributed by atoms with van der Waals surface area (Å²) in [6.45, 7) is 6.60. The second kappa shape index (κ2) is 3.56. The predicted octanol–water partition coefficient (Wildman–Crippen LogP) is 3.48. The van der Waals surface area contributed by atoms with Gasteiger partial charge in [0.1, 0.15) is 0 Å². The summed E-state index contributed by atoms with van der Waals surface area (Å²) < 4.78 is 0. The number of hydrogen-bond acceptors (Lipinski definition) is 0. The number of allylic oxidation sites excluding steroid dienone is 6. The van der Waals surface area contributed by atoms with E-state index in [-0.39, 0.29) is 0 Å². The molecule has 1 rings (SSSR count). The van der Waals surface area contributed by atoms with Crippen LogP contribution in [0.5, 0.6) is 0 Å². The van der Waals surface area contributed by atoms with Gasteiger partial charge in [0.05, 0.1) is 0 Å². The minimum Gasteiger partial charge on any atom is -0.0801 e. The van der Waals surface area contributed by atoms with Gasteiger partial charge in [0.2, 0.25) is 0 Å². The van der Waals surface area contributed by atoms with E-state index in [0.29, 0.717) is 5.92 Å². The van der Waals surface area contributed by atoms with Crippen LogP contribution in [0.15, 0.2) is 35.5 Å². The Morgan fingerprint density at radius 1 is 1.45 bits per heavy atom. The third-order valence-corrected chi connectivity index (χ3v) is 1.83. The van der Waals surface area contributed by atoms with Crippen molar-refractivity contribution in [2.24, 2.45) is 5.92 Å². The highest BCUT2D eigenvalue weighted by atomic mass is 14.1. The summed E-state index contributed by atoms with van der Waals surface area (Å²) in [6, 6.07) is 0. The monoisotopic (exact) mass is 148 g/mol. The van der Waals surface area contributed by atoms with Gasteiger partial charge in [-0.25, -0.2) is 0 Å². The lowest BCUT2D eigenvalue weighted by Crippen LogP contribution is -1.90. The summed E-state index contributed by atoms with van der Waals surface area (Å²) >= 11 is 0. The Labute approximate surface area is 69.3 Å². The summed E-state index contributed by atoms with van der Waals surface area (Å²) in [5.41, 5.74) is 2.81. The molecule has 0 amide bonds. The molecule has 11 heavy (non-hydrogen) atoms. The van der Waals surface area contributed by atoms with Gasteiger partial charge in [-0.3, -0.25) is 0 Å². The van der Waals surface area contributed by atoms with Crippen LogP contribution in [-0.4, -0.2) is 0 Å². The molecule has 0 atom stereocenters. The highest BCUT2D eigenvalue weighted by Gasteiger charge is 1.99. The van der Waals surface area contributed by atoms with Crippen LogP contribution in [0.2, 0.25) is 0 Å². The summed E-state index contributed by atoms with van der Waals surface area (Å²) in [5, 5.41) is 0. The molecular formula is C11H16. The average Bonchev–Trinajstić information content (AvgIpc) is 1.93. The molecule has 0 bridgehead atoms. The van der Waals surface area contributed by atoms with Crippen molar-refractivity contribution in [3.8, 4) is 0 Å². The molecule has 0 unspecified atom stereocenters. The molecule has 1 aliphatic carbocycles. The van der Waals surface area contributed by atoms with Gasteiger partial charge in [-0.1, -0.05) is 38.2 Å². The van der Waals surface area contributed by atoms with Gasteiger partial charge in [0.15, 0.2) is 0 Å². The van der Waals surface area contributed by atoms with Crippen LogP contribution in [0, 0.1) is 5.92 Å². The topological polar surface area (TPSA) is 0 Å². The van der Waals surface area contributed by atoms with Crippen LogP contribution in [0.1, 0.15) is 27.2 Å². The molecule has 0 heteroatoms. The van der Waals surface area contributed by atoms with E-state index < -0.39 is 0 Å². The van der Waals surface area contributed by atoms with Crippen LogP contribution >= 0.6 is 0 Å². The zero-order chi connectivity index (χ0) is 8.27. The number of hydrogen-bond donors (Lipinski definition) is 0. The predicted molar refractivity (Wildman–Crippen MR) is 50.4 cm³/mol. The lowest BCUT2D eigenvalue weighted by atomic mass is 9.98. The molecule has 0 nitrogen and oxygen atoms in total. The molecule has 60 valence electrons. The Hall–Kier alpha value is -0.780. The molecule has 0 saturated carbocycles. The Bertz CT molecular complexity index is 214. The maximum Gasteiger partial charge on any atom is -0.0160 e. The fraction of sp³-hybridized carbons (Fsp3) is 0.455. The van der Waals surface area contributed by atoms with Crippen molar-refractivity contribution in [1.29, 1.82) is 0 Å². The largest absolute Gasteiger partial charge is 0.0801 e. The van der Waals surface area contributed by atoms with Crippen LogP contribution in [0.4, 0.5) is 0 Å². The first-order valence-corrected chi connectivity index (χ1v) is 4.25. The van der Waals surface area contributed by atoms with E-state index in [1.54, 1.807) is 0 Å². The van der Waals surface area contributed by atoms with Crippen molar-refractivity contribution >= 4 is 0 Å². The Kier molecular flexibility index (Phi) is 2.70. The average molecular weight is 148 g/mol. The molecule has 0 saturated heterocycles. The first kappa shape index (κ1) is 8.32. The lowest BCUT2D eigenvalue weighted by Gasteiger charge is -2.08. The van der Waals surface area contributed by atoms with E-state index in [1.165, 1.54) is 11.1 Å². The molecule has 0 radical (unpaired) electrons. The summed E-state index contributed by atoms with van der Waals surface area (Å²) in [7, 11) is 0. The van der Waals surface area contributed by atoms with Gasteiger partial charge in [-0.05, 0) is 30.4 Å². The van der Waals surface area contributed by atoms with Crippen molar-refractivity contribution in [3.05, 3.63) is 35.5 Å². The molecule has 0 heterocycles. The molecule has 0 fully saturated rings. The lowest BCUT2D eigenvalue weighted by molar-refractivity contribution is 0.825. The van der Waals surface area contributed by atoms with Crippen LogP contribution in [-0.2, 0) is 0 Å². The maximum absolute atomic E-state index is 2.31. The van der Waals surface area contributed by atoms with Crippen LogP contribution in [0.3, 0.4) is 0 Å². The third-order valence-electron chi connectivity index (χ3n) is 1.83.